The third-order valence-corrected chi connectivity index (χ3v) is 7.56. The number of rotatable bonds is 1. The van der Waals surface area contributed by atoms with Crippen molar-refractivity contribution in [3.8, 4) is 11.3 Å². The Hall–Kier alpha value is -3.53. The summed E-state index contributed by atoms with van der Waals surface area (Å²) < 4.78 is 2.60. The van der Waals surface area contributed by atoms with Crippen molar-refractivity contribution in [3.05, 3.63) is 96.3 Å². The third-order valence-electron chi connectivity index (χ3n) is 6.18. The Bertz CT molecular complexity index is 1850. The van der Waals surface area contributed by atoms with Gasteiger partial charge in [-0.1, -0.05) is 66.7 Å². The Morgan fingerprint density at radius 1 is 0.594 bits per heavy atom. The average Bonchev–Trinajstić information content (AvgIpc) is 3.21. The highest BCUT2D eigenvalue weighted by Gasteiger charge is 2.17. The number of hydrogen-bond acceptors (Lipinski definition) is 3. The molecule has 0 radical (unpaired) electrons. The first-order valence-electron chi connectivity index (χ1n) is 10.5. The Kier molecular flexibility index (Phi) is 3.80. The highest BCUT2D eigenvalue weighted by Crippen LogP contribution is 2.43. The van der Waals surface area contributed by atoms with Crippen LogP contribution in [0.15, 0.2) is 91.0 Å². The van der Waals surface area contributed by atoms with Crippen molar-refractivity contribution in [1.29, 1.82) is 0 Å². The van der Waals surface area contributed by atoms with Gasteiger partial charge >= 0.3 is 0 Å². The van der Waals surface area contributed by atoms with Crippen LogP contribution >= 0.6 is 22.9 Å². The monoisotopic (exact) mass is 446 g/mol. The van der Waals surface area contributed by atoms with Gasteiger partial charge in [-0.05, 0) is 52.0 Å². The van der Waals surface area contributed by atoms with Crippen LogP contribution in [0, 0.1) is 0 Å². The molecule has 0 saturated heterocycles. The molecule has 0 fully saturated rings. The van der Waals surface area contributed by atoms with Crippen molar-refractivity contribution in [1.82, 2.24) is 9.97 Å². The van der Waals surface area contributed by atoms with Crippen LogP contribution in [0.25, 0.3) is 63.9 Å². The maximum absolute atomic E-state index is 6.45. The lowest BCUT2D eigenvalue weighted by atomic mass is 9.95. The predicted octanol–water partition coefficient (Wildman–Crippen LogP) is 8.62. The Morgan fingerprint density at radius 2 is 1.28 bits per heavy atom. The SMILES string of the molecule is Clc1nc(-c2cc3c4ccccc4sc3c3ccccc23)c2cc3ccccc3cc2n1. The molecule has 0 saturated carbocycles. The van der Waals surface area contributed by atoms with E-state index in [1.165, 1.54) is 36.3 Å². The molecule has 0 bridgehead atoms. The van der Waals surface area contributed by atoms with Gasteiger partial charge in [0.15, 0.2) is 0 Å². The minimum Gasteiger partial charge on any atom is -0.218 e. The van der Waals surface area contributed by atoms with Crippen LogP contribution in [0.3, 0.4) is 0 Å². The molecule has 0 atom stereocenters. The second kappa shape index (κ2) is 6.73. The summed E-state index contributed by atoms with van der Waals surface area (Å²) in [5, 5.41) is 8.53. The van der Waals surface area contributed by atoms with Gasteiger partial charge in [-0.3, -0.25) is 0 Å². The summed E-state index contributed by atoms with van der Waals surface area (Å²) in [6, 6.07) is 32.1. The van der Waals surface area contributed by atoms with Crippen molar-refractivity contribution in [3.63, 3.8) is 0 Å². The molecule has 0 aliphatic heterocycles. The largest absolute Gasteiger partial charge is 0.223 e. The fourth-order valence-electron chi connectivity index (χ4n) is 4.74. The van der Waals surface area contributed by atoms with Gasteiger partial charge in [-0.15, -0.1) is 11.3 Å². The Labute approximate surface area is 192 Å². The van der Waals surface area contributed by atoms with Gasteiger partial charge in [0.05, 0.1) is 11.2 Å². The minimum absolute atomic E-state index is 0.266. The number of benzene rings is 5. The molecule has 2 aromatic heterocycles. The van der Waals surface area contributed by atoms with Gasteiger partial charge in [0.25, 0.3) is 0 Å². The second-order valence-corrected chi connectivity index (χ2v) is 9.39. The molecule has 0 aliphatic rings. The zero-order chi connectivity index (χ0) is 21.2. The standard InChI is InChI=1S/C28H15ClN2S/c29-28-30-24-14-17-8-2-1-7-16(17)13-23(24)26(31-28)21-15-22-19-10-5-6-12-25(19)32-27(22)20-11-4-3-9-18(20)21/h1-15H. The zero-order valence-corrected chi connectivity index (χ0v) is 18.4. The number of aromatic nitrogens is 2. The number of thiophene rings is 1. The summed E-state index contributed by atoms with van der Waals surface area (Å²) >= 11 is 8.29. The molecule has 0 amide bonds. The van der Waals surface area contributed by atoms with E-state index in [1.807, 2.05) is 17.4 Å². The van der Waals surface area contributed by atoms with E-state index < -0.39 is 0 Å². The number of nitrogens with zero attached hydrogens (tertiary/aromatic N) is 2. The zero-order valence-electron chi connectivity index (χ0n) is 16.8. The summed E-state index contributed by atoms with van der Waals surface area (Å²) in [5.74, 6) is 0. The number of halogens is 1. The minimum atomic E-state index is 0.266. The molecule has 0 N–H and O–H groups in total. The van der Waals surface area contributed by atoms with Gasteiger partial charge in [0.2, 0.25) is 5.28 Å². The van der Waals surface area contributed by atoms with Crippen molar-refractivity contribution in [2.45, 2.75) is 0 Å². The van der Waals surface area contributed by atoms with Crippen molar-refractivity contribution in [2.24, 2.45) is 0 Å². The second-order valence-electron chi connectivity index (χ2n) is 8.00. The molecule has 32 heavy (non-hydrogen) atoms. The van der Waals surface area contributed by atoms with E-state index in [1.54, 1.807) is 0 Å². The van der Waals surface area contributed by atoms with Crippen molar-refractivity contribution in [2.75, 3.05) is 0 Å². The maximum atomic E-state index is 6.45. The topological polar surface area (TPSA) is 25.8 Å². The Morgan fingerprint density at radius 3 is 2.12 bits per heavy atom. The summed E-state index contributed by atoms with van der Waals surface area (Å²) in [7, 11) is 0. The van der Waals surface area contributed by atoms with E-state index in [0.717, 1.165) is 27.5 Å². The van der Waals surface area contributed by atoms with E-state index in [4.69, 9.17) is 16.6 Å². The van der Waals surface area contributed by atoms with Gasteiger partial charge in [-0.2, -0.15) is 0 Å². The predicted molar refractivity (Wildman–Crippen MR) is 138 cm³/mol. The fraction of sp³-hybridized carbons (Fsp3) is 0. The van der Waals surface area contributed by atoms with E-state index in [2.05, 4.69) is 89.9 Å². The highest BCUT2D eigenvalue weighted by atomic mass is 35.5. The van der Waals surface area contributed by atoms with Gasteiger partial charge in [-0.25, -0.2) is 9.97 Å². The van der Waals surface area contributed by atoms with E-state index in [9.17, 15) is 0 Å². The lowest BCUT2D eigenvalue weighted by Gasteiger charge is -2.12. The van der Waals surface area contributed by atoms with E-state index in [0.29, 0.717) is 0 Å². The molecule has 5 aromatic carbocycles. The summed E-state index contributed by atoms with van der Waals surface area (Å²) in [6.07, 6.45) is 0. The normalized spacial score (nSPS) is 11.9. The van der Waals surface area contributed by atoms with Crippen LogP contribution in [0.1, 0.15) is 0 Å². The molecule has 0 spiro atoms. The molecule has 2 nitrogen and oxygen atoms in total. The van der Waals surface area contributed by atoms with Gasteiger partial charge in [0, 0.05) is 36.5 Å². The van der Waals surface area contributed by atoms with Crippen molar-refractivity contribution >= 4 is 75.6 Å². The number of hydrogen-bond donors (Lipinski definition) is 0. The summed E-state index contributed by atoms with van der Waals surface area (Å²) in [6.45, 7) is 0. The Balaban J connectivity index is 1.68. The maximum Gasteiger partial charge on any atom is 0.223 e. The summed E-state index contributed by atoms with van der Waals surface area (Å²) in [5.41, 5.74) is 2.82. The van der Waals surface area contributed by atoms with Crippen LogP contribution in [0.2, 0.25) is 5.28 Å². The number of fused-ring (bicyclic) bond motifs is 7. The third kappa shape index (κ3) is 2.59. The van der Waals surface area contributed by atoms with Crippen LogP contribution in [0.4, 0.5) is 0 Å². The highest BCUT2D eigenvalue weighted by molar-refractivity contribution is 7.26. The van der Waals surface area contributed by atoms with Gasteiger partial charge < -0.3 is 0 Å². The smallest absolute Gasteiger partial charge is 0.218 e. The van der Waals surface area contributed by atoms with Crippen LogP contribution in [0.5, 0.6) is 0 Å². The lowest BCUT2D eigenvalue weighted by Crippen LogP contribution is -1.93. The first-order chi connectivity index (χ1) is 15.8. The molecule has 7 aromatic rings. The molecule has 4 heteroatoms. The fourth-order valence-corrected chi connectivity index (χ4v) is 6.13. The first kappa shape index (κ1) is 18.1. The molecule has 7 rings (SSSR count). The van der Waals surface area contributed by atoms with Crippen LogP contribution in [-0.4, -0.2) is 9.97 Å². The molecular formula is C28H15ClN2S. The lowest BCUT2D eigenvalue weighted by molar-refractivity contribution is 1.23. The average molecular weight is 447 g/mol. The van der Waals surface area contributed by atoms with Crippen LogP contribution < -0.4 is 0 Å². The van der Waals surface area contributed by atoms with E-state index >= 15 is 0 Å². The van der Waals surface area contributed by atoms with E-state index in [-0.39, 0.29) is 5.28 Å². The molecule has 0 unspecified atom stereocenters. The van der Waals surface area contributed by atoms with Crippen molar-refractivity contribution < 1.29 is 0 Å². The quantitative estimate of drug-likeness (QED) is 0.186. The molecule has 2 heterocycles. The molecule has 150 valence electrons. The van der Waals surface area contributed by atoms with Gasteiger partial charge in [0.1, 0.15) is 0 Å². The first-order valence-corrected chi connectivity index (χ1v) is 11.7. The molecular weight excluding hydrogens is 432 g/mol. The summed E-state index contributed by atoms with van der Waals surface area (Å²) in [4.78, 5) is 9.31. The van der Waals surface area contributed by atoms with Crippen LogP contribution in [-0.2, 0) is 0 Å². The molecule has 0 aliphatic carbocycles.